The Morgan fingerprint density at radius 1 is 1.11 bits per heavy atom. The molecule has 0 spiro atoms. The maximum atomic E-state index is 13.4. The van der Waals surface area contributed by atoms with Crippen LogP contribution >= 0.6 is 0 Å². The van der Waals surface area contributed by atoms with Crippen molar-refractivity contribution in [1.29, 1.82) is 0 Å². The Labute approximate surface area is 113 Å². The fourth-order valence-corrected chi connectivity index (χ4v) is 2.23. The van der Waals surface area contributed by atoms with E-state index in [-0.39, 0.29) is 5.82 Å². The number of hydrogen-bond acceptors (Lipinski definition) is 1. The summed E-state index contributed by atoms with van der Waals surface area (Å²) in [5, 5.41) is 3.25. The Hall–Kier alpha value is -1.83. The van der Waals surface area contributed by atoms with E-state index in [0.29, 0.717) is 5.56 Å². The van der Waals surface area contributed by atoms with Gasteiger partial charge in [-0.15, -0.1) is 0 Å². The first-order chi connectivity index (χ1) is 9.22. The van der Waals surface area contributed by atoms with Gasteiger partial charge in [-0.05, 0) is 54.5 Å². The van der Waals surface area contributed by atoms with Crippen LogP contribution in [0.4, 0.5) is 10.1 Å². The molecule has 1 aliphatic carbocycles. The number of hydrogen-bond donors (Lipinski definition) is 1. The van der Waals surface area contributed by atoms with Crippen LogP contribution in [-0.2, 0) is 6.54 Å². The second-order valence-electron chi connectivity index (χ2n) is 5.33. The maximum absolute atomic E-state index is 13.4. The topological polar surface area (TPSA) is 12.0 Å². The minimum absolute atomic E-state index is 0.158. The Bertz CT molecular complexity index is 570. The SMILES string of the molecule is Cc1ccc(NCc2ccc(C3CC3)cc2)cc1F. The Kier molecular flexibility index (Phi) is 3.24. The third-order valence-electron chi connectivity index (χ3n) is 3.70. The lowest BCUT2D eigenvalue weighted by molar-refractivity contribution is 0.619. The van der Waals surface area contributed by atoms with E-state index >= 15 is 0 Å². The lowest BCUT2D eigenvalue weighted by Crippen LogP contribution is -2.00. The largest absolute Gasteiger partial charge is 0.381 e. The quantitative estimate of drug-likeness (QED) is 0.840. The van der Waals surface area contributed by atoms with E-state index in [1.165, 1.54) is 24.0 Å². The van der Waals surface area contributed by atoms with E-state index in [4.69, 9.17) is 0 Å². The predicted molar refractivity (Wildman–Crippen MR) is 76.9 cm³/mol. The Morgan fingerprint density at radius 2 is 1.84 bits per heavy atom. The highest BCUT2D eigenvalue weighted by atomic mass is 19.1. The van der Waals surface area contributed by atoms with E-state index in [1.807, 2.05) is 6.07 Å². The summed E-state index contributed by atoms with van der Waals surface area (Å²) >= 11 is 0. The van der Waals surface area contributed by atoms with Gasteiger partial charge in [-0.1, -0.05) is 30.3 Å². The molecule has 1 saturated carbocycles. The molecule has 1 aliphatic rings. The van der Waals surface area contributed by atoms with Gasteiger partial charge in [0, 0.05) is 12.2 Å². The molecule has 98 valence electrons. The fraction of sp³-hybridized carbons (Fsp3) is 0.294. The summed E-state index contributed by atoms with van der Waals surface area (Å²) in [6.07, 6.45) is 2.67. The van der Waals surface area contributed by atoms with Crippen molar-refractivity contribution in [3.8, 4) is 0 Å². The van der Waals surface area contributed by atoms with Gasteiger partial charge >= 0.3 is 0 Å². The van der Waals surface area contributed by atoms with Crippen molar-refractivity contribution in [2.24, 2.45) is 0 Å². The van der Waals surface area contributed by atoms with Gasteiger partial charge in [0.2, 0.25) is 0 Å². The number of nitrogens with one attached hydrogen (secondary N) is 1. The minimum Gasteiger partial charge on any atom is -0.381 e. The molecule has 2 aromatic carbocycles. The van der Waals surface area contributed by atoms with Gasteiger partial charge in [0.1, 0.15) is 5.82 Å². The molecule has 1 N–H and O–H groups in total. The van der Waals surface area contributed by atoms with E-state index in [2.05, 4.69) is 29.6 Å². The van der Waals surface area contributed by atoms with Crippen LogP contribution < -0.4 is 5.32 Å². The van der Waals surface area contributed by atoms with Crippen LogP contribution in [-0.4, -0.2) is 0 Å². The zero-order valence-electron chi connectivity index (χ0n) is 11.1. The summed E-state index contributed by atoms with van der Waals surface area (Å²) in [4.78, 5) is 0. The number of halogens is 1. The molecule has 19 heavy (non-hydrogen) atoms. The van der Waals surface area contributed by atoms with E-state index < -0.39 is 0 Å². The van der Waals surface area contributed by atoms with Crippen molar-refractivity contribution in [2.45, 2.75) is 32.2 Å². The summed E-state index contributed by atoms with van der Waals surface area (Å²) in [6.45, 7) is 2.50. The second kappa shape index (κ2) is 5.04. The molecule has 3 rings (SSSR count). The highest BCUT2D eigenvalue weighted by Gasteiger charge is 2.22. The van der Waals surface area contributed by atoms with Crippen LogP contribution in [0.5, 0.6) is 0 Å². The summed E-state index contributed by atoms with van der Waals surface area (Å²) in [5.41, 5.74) is 4.18. The number of benzene rings is 2. The Morgan fingerprint density at radius 3 is 2.47 bits per heavy atom. The molecular formula is C17H18FN. The molecule has 2 aromatic rings. The summed E-state index contributed by atoms with van der Waals surface area (Å²) in [7, 11) is 0. The number of rotatable bonds is 4. The van der Waals surface area contributed by atoms with Crippen LogP contribution in [0.3, 0.4) is 0 Å². The molecule has 2 heteroatoms. The Balaban J connectivity index is 1.63. The van der Waals surface area contributed by atoms with Gasteiger partial charge in [-0.25, -0.2) is 4.39 Å². The molecule has 0 aliphatic heterocycles. The summed E-state index contributed by atoms with van der Waals surface area (Å²) < 4.78 is 13.4. The first kappa shape index (κ1) is 12.2. The first-order valence-corrected chi connectivity index (χ1v) is 6.81. The molecular weight excluding hydrogens is 237 g/mol. The fourth-order valence-electron chi connectivity index (χ4n) is 2.23. The monoisotopic (exact) mass is 255 g/mol. The molecule has 0 amide bonds. The smallest absolute Gasteiger partial charge is 0.128 e. The second-order valence-corrected chi connectivity index (χ2v) is 5.33. The minimum atomic E-state index is -0.158. The van der Waals surface area contributed by atoms with Crippen LogP contribution in [0.2, 0.25) is 0 Å². The first-order valence-electron chi connectivity index (χ1n) is 6.81. The van der Waals surface area contributed by atoms with Gasteiger partial charge in [-0.2, -0.15) is 0 Å². The molecule has 0 unspecified atom stereocenters. The lowest BCUT2D eigenvalue weighted by Gasteiger charge is -2.08. The van der Waals surface area contributed by atoms with Gasteiger partial charge in [0.15, 0.2) is 0 Å². The van der Waals surface area contributed by atoms with Crippen molar-refractivity contribution in [3.05, 3.63) is 65.0 Å². The van der Waals surface area contributed by atoms with Gasteiger partial charge in [-0.3, -0.25) is 0 Å². The summed E-state index contributed by atoms with van der Waals surface area (Å²) in [6, 6.07) is 14.0. The molecule has 1 fully saturated rings. The summed E-state index contributed by atoms with van der Waals surface area (Å²) in [5.74, 6) is 0.641. The van der Waals surface area contributed by atoms with E-state index in [0.717, 1.165) is 18.2 Å². The molecule has 1 nitrogen and oxygen atoms in total. The van der Waals surface area contributed by atoms with E-state index in [9.17, 15) is 4.39 Å². The molecule has 0 atom stereocenters. The molecule has 0 saturated heterocycles. The van der Waals surface area contributed by atoms with E-state index in [1.54, 1.807) is 19.1 Å². The zero-order chi connectivity index (χ0) is 13.2. The highest BCUT2D eigenvalue weighted by molar-refractivity contribution is 5.45. The highest BCUT2D eigenvalue weighted by Crippen LogP contribution is 2.39. The lowest BCUT2D eigenvalue weighted by atomic mass is 10.1. The third-order valence-corrected chi connectivity index (χ3v) is 3.70. The molecule has 0 heterocycles. The normalized spacial score (nSPS) is 14.4. The van der Waals surface area contributed by atoms with Crippen LogP contribution in [0.15, 0.2) is 42.5 Å². The maximum Gasteiger partial charge on any atom is 0.128 e. The van der Waals surface area contributed by atoms with Crippen LogP contribution in [0, 0.1) is 12.7 Å². The van der Waals surface area contributed by atoms with Crippen molar-refractivity contribution in [3.63, 3.8) is 0 Å². The zero-order valence-corrected chi connectivity index (χ0v) is 11.1. The van der Waals surface area contributed by atoms with Gasteiger partial charge in [0.05, 0.1) is 0 Å². The third kappa shape index (κ3) is 2.95. The molecule has 0 bridgehead atoms. The predicted octanol–water partition coefficient (Wildman–Crippen LogP) is 4.62. The van der Waals surface area contributed by atoms with Crippen molar-refractivity contribution < 1.29 is 4.39 Å². The van der Waals surface area contributed by atoms with Crippen molar-refractivity contribution in [1.82, 2.24) is 0 Å². The molecule has 0 radical (unpaired) electrons. The number of aryl methyl sites for hydroxylation is 1. The molecule has 0 aromatic heterocycles. The van der Waals surface area contributed by atoms with Crippen molar-refractivity contribution in [2.75, 3.05) is 5.32 Å². The number of anilines is 1. The standard InChI is InChI=1S/C17H18FN/c1-12-2-9-16(10-17(12)18)19-11-13-3-5-14(6-4-13)15-7-8-15/h2-6,9-10,15,19H,7-8,11H2,1H3. The van der Waals surface area contributed by atoms with Gasteiger partial charge < -0.3 is 5.32 Å². The average Bonchev–Trinajstić information content (AvgIpc) is 3.25. The van der Waals surface area contributed by atoms with Crippen molar-refractivity contribution >= 4 is 5.69 Å². The average molecular weight is 255 g/mol. The van der Waals surface area contributed by atoms with Gasteiger partial charge in [0.25, 0.3) is 0 Å². The van der Waals surface area contributed by atoms with Crippen LogP contribution in [0.25, 0.3) is 0 Å². The van der Waals surface area contributed by atoms with Crippen LogP contribution in [0.1, 0.15) is 35.4 Å².